The number of rotatable bonds is 0. The molecule has 0 aromatic heterocycles. The van der Waals surface area contributed by atoms with Gasteiger partial charge in [-0.2, -0.15) is 0 Å². The predicted octanol–water partition coefficient (Wildman–Crippen LogP) is 4.95. The van der Waals surface area contributed by atoms with Gasteiger partial charge in [0.2, 0.25) is 0 Å². The fraction of sp³-hybridized carbons (Fsp3) is 0.200. The molecular formula is C15H17Cl. The van der Waals surface area contributed by atoms with Crippen molar-refractivity contribution in [1.29, 1.82) is 0 Å². The Kier molecular flexibility index (Phi) is 5.07. The minimum Gasteiger partial charge on any atom is -0.0841 e. The van der Waals surface area contributed by atoms with Crippen LogP contribution in [0.2, 0.25) is 5.02 Å². The summed E-state index contributed by atoms with van der Waals surface area (Å²) in [4.78, 5) is 0. The smallest absolute Gasteiger partial charge is 0.0435 e. The average molecular weight is 233 g/mol. The third kappa shape index (κ3) is 4.08. The zero-order valence-electron chi connectivity index (χ0n) is 10.00. The summed E-state index contributed by atoms with van der Waals surface area (Å²) < 4.78 is 0. The first-order valence-corrected chi connectivity index (χ1v) is 5.72. The molecule has 84 valence electrons. The molecule has 0 aliphatic carbocycles. The van der Waals surface area contributed by atoms with E-state index in [1.165, 1.54) is 11.1 Å². The van der Waals surface area contributed by atoms with E-state index in [0.29, 0.717) is 0 Å². The van der Waals surface area contributed by atoms with Crippen LogP contribution in [0, 0.1) is 20.8 Å². The third-order valence-electron chi connectivity index (χ3n) is 2.50. The maximum absolute atomic E-state index is 5.71. The molecule has 0 fully saturated rings. The second kappa shape index (κ2) is 6.34. The molecule has 16 heavy (non-hydrogen) atoms. The van der Waals surface area contributed by atoms with Crippen molar-refractivity contribution in [2.45, 2.75) is 20.8 Å². The van der Waals surface area contributed by atoms with Gasteiger partial charge in [-0.05, 0) is 43.5 Å². The first-order chi connectivity index (χ1) is 7.61. The Morgan fingerprint density at radius 2 is 1.00 bits per heavy atom. The van der Waals surface area contributed by atoms with Gasteiger partial charge in [-0.25, -0.2) is 0 Å². The highest BCUT2D eigenvalue weighted by Gasteiger charge is 1.86. The maximum Gasteiger partial charge on any atom is 0.0435 e. The van der Waals surface area contributed by atoms with E-state index in [4.69, 9.17) is 11.6 Å². The summed E-state index contributed by atoms with van der Waals surface area (Å²) in [5.74, 6) is 0. The van der Waals surface area contributed by atoms with E-state index in [1.807, 2.05) is 31.2 Å². The van der Waals surface area contributed by atoms with Crippen LogP contribution in [0.25, 0.3) is 0 Å². The molecule has 0 aliphatic heterocycles. The molecule has 2 rings (SSSR count). The van der Waals surface area contributed by atoms with Crippen LogP contribution in [0.1, 0.15) is 16.7 Å². The minimum atomic E-state index is 0.840. The molecule has 0 saturated carbocycles. The maximum atomic E-state index is 5.71. The molecule has 0 atom stereocenters. The molecule has 0 N–H and O–H groups in total. The van der Waals surface area contributed by atoms with Gasteiger partial charge in [-0.1, -0.05) is 54.1 Å². The monoisotopic (exact) mass is 232 g/mol. The number of halogens is 1. The van der Waals surface area contributed by atoms with Crippen molar-refractivity contribution in [2.24, 2.45) is 0 Å². The van der Waals surface area contributed by atoms with Crippen LogP contribution >= 0.6 is 11.6 Å². The molecule has 0 radical (unpaired) electrons. The first-order valence-electron chi connectivity index (χ1n) is 5.34. The van der Waals surface area contributed by atoms with Crippen LogP contribution in [0.15, 0.2) is 48.5 Å². The van der Waals surface area contributed by atoms with Crippen LogP contribution in [-0.2, 0) is 0 Å². The second-order valence-electron chi connectivity index (χ2n) is 3.83. The van der Waals surface area contributed by atoms with Crippen molar-refractivity contribution in [3.8, 4) is 0 Å². The Morgan fingerprint density at radius 3 is 1.25 bits per heavy atom. The lowest BCUT2D eigenvalue weighted by atomic mass is 10.1. The standard InChI is InChI=1S/C8H10.C7H7Cl/c1-7-5-3-4-6-8(7)2;1-6-4-2-3-5-7(6)8/h3-6H,1-2H3;2-5H,1H3. The SMILES string of the molecule is Cc1ccccc1C.Cc1ccccc1Cl. The number of hydrogen-bond acceptors (Lipinski definition) is 0. The molecule has 0 amide bonds. The van der Waals surface area contributed by atoms with Crippen LogP contribution in [0.3, 0.4) is 0 Å². The lowest BCUT2D eigenvalue weighted by Gasteiger charge is -1.93. The van der Waals surface area contributed by atoms with Gasteiger partial charge in [0, 0.05) is 5.02 Å². The quantitative estimate of drug-likeness (QED) is 0.603. The Balaban J connectivity index is 0.000000160. The molecule has 2 aromatic carbocycles. The molecule has 0 heterocycles. The van der Waals surface area contributed by atoms with E-state index in [9.17, 15) is 0 Å². The molecular weight excluding hydrogens is 216 g/mol. The summed E-state index contributed by atoms with van der Waals surface area (Å²) in [7, 11) is 0. The lowest BCUT2D eigenvalue weighted by molar-refractivity contribution is 1.34. The Bertz CT molecular complexity index is 361. The summed E-state index contributed by atoms with van der Waals surface area (Å²) in [6.07, 6.45) is 0. The first kappa shape index (κ1) is 12.8. The Morgan fingerprint density at radius 1 is 0.625 bits per heavy atom. The van der Waals surface area contributed by atoms with Crippen LogP contribution in [-0.4, -0.2) is 0 Å². The fourth-order valence-electron chi connectivity index (χ4n) is 1.21. The summed E-state index contributed by atoms with van der Waals surface area (Å²) in [6, 6.07) is 16.1. The van der Waals surface area contributed by atoms with E-state index >= 15 is 0 Å². The highest BCUT2D eigenvalue weighted by molar-refractivity contribution is 6.31. The minimum absolute atomic E-state index is 0.840. The Hall–Kier alpha value is -1.27. The van der Waals surface area contributed by atoms with Crippen molar-refractivity contribution in [2.75, 3.05) is 0 Å². The highest BCUT2D eigenvalue weighted by Crippen LogP contribution is 2.11. The lowest BCUT2D eigenvalue weighted by Crippen LogP contribution is -1.74. The molecule has 0 spiro atoms. The third-order valence-corrected chi connectivity index (χ3v) is 2.93. The molecule has 0 unspecified atom stereocenters. The van der Waals surface area contributed by atoms with Gasteiger partial charge in [0.25, 0.3) is 0 Å². The van der Waals surface area contributed by atoms with Crippen molar-refractivity contribution < 1.29 is 0 Å². The van der Waals surface area contributed by atoms with Gasteiger partial charge < -0.3 is 0 Å². The normalized spacial score (nSPS) is 9.25. The fourth-order valence-corrected chi connectivity index (χ4v) is 1.35. The van der Waals surface area contributed by atoms with Gasteiger partial charge in [0.1, 0.15) is 0 Å². The van der Waals surface area contributed by atoms with Gasteiger partial charge in [-0.15, -0.1) is 0 Å². The Labute approximate surface area is 103 Å². The van der Waals surface area contributed by atoms with Crippen LogP contribution in [0.4, 0.5) is 0 Å². The average Bonchev–Trinajstić information content (AvgIpc) is 2.28. The van der Waals surface area contributed by atoms with Gasteiger partial charge in [-0.3, -0.25) is 0 Å². The number of hydrogen-bond donors (Lipinski definition) is 0. The molecule has 0 nitrogen and oxygen atoms in total. The van der Waals surface area contributed by atoms with Crippen molar-refractivity contribution >= 4 is 11.6 Å². The van der Waals surface area contributed by atoms with Gasteiger partial charge in [0.05, 0.1) is 0 Å². The van der Waals surface area contributed by atoms with Gasteiger partial charge >= 0.3 is 0 Å². The molecule has 1 heteroatoms. The van der Waals surface area contributed by atoms with Crippen LogP contribution in [0.5, 0.6) is 0 Å². The van der Waals surface area contributed by atoms with Crippen molar-refractivity contribution in [3.63, 3.8) is 0 Å². The summed E-state index contributed by atoms with van der Waals surface area (Å²) in [5.41, 5.74) is 3.87. The van der Waals surface area contributed by atoms with Crippen molar-refractivity contribution in [3.05, 3.63) is 70.2 Å². The zero-order chi connectivity index (χ0) is 12.0. The van der Waals surface area contributed by atoms with Crippen molar-refractivity contribution in [1.82, 2.24) is 0 Å². The predicted molar refractivity (Wildman–Crippen MR) is 72.1 cm³/mol. The molecule has 0 saturated heterocycles. The topological polar surface area (TPSA) is 0 Å². The summed E-state index contributed by atoms with van der Waals surface area (Å²) in [6.45, 7) is 6.23. The molecule has 0 bridgehead atoms. The van der Waals surface area contributed by atoms with E-state index in [0.717, 1.165) is 10.6 Å². The van der Waals surface area contributed by atoms with Crippen LogP contribution < -0.4 is 0 Å². The zero-order valence-corrected chi connectivity index (χ0v) is 10.8. The van der Waals surface area contributed by atoms with E-state index in [-0.39, 0.29) is 0 Å². The largest absolute Gasteiger partial charge is 0.0841 e. The molecule has 0 aliphatic rings. The van der Waals surface area contributed by atoms with Gasteiger partial charge in [0.15, 0.2) is 0 Å². The van der Waals surface area contributed by atoms with E-state index < -0.39 is 0 Å². The summed E-state index contributed by atoms with van der Waals surface area (Å²) >= 11 is 5.71. The number of aryl methyl sites for hydroxylation is 3. The highest BCUT2D eigenvalue weighted by atomic mass is 35.5. The molecule has 2 aromatic rings. The van der Waals surface area contributed by atoms with E-state index in [2.05, 4.69) is 38.1 Å². The number of benzene rings is 2. The second-order valence-corrected chi connectivity index (χ2v) is 4.24. The van der Waals surface area contributed by atoms with E-state index in [1.54, 1.807) is 0 Å². The summed E-state index contributed by atoms with van der Waals surface area (Å²) in [5, 5.41) is 0.840.